The first-order valence-electron chi connectivity index (χ1n) is 5.53. The minimum atomic E-state index is -0.437. The zero-order chi connectivity index (χ0) is 12.7. The van der Waals surface area contributed by atoms with Crippen LogP contribution in [-0.2, 0) is 0 Å². The number of hydrogen-bond acceptors (Lipinski definition) is 3. The molecule has 0 spiro atoms. The quantitative estimate of drug-likeness (QED) is 0.699. The zero-order valence-corrected chi connectivity index (χ0v) is 10.0. The number of primary amides is 1. The number of rotatable bonds is 7. The molecule has 1 aromatic rings. The van der Waals surface area contributed by atoms with Crippen LogP contribution in [0.5, 0.6) is 5.75 Å². The zero-order valence-electron chi connectivity index (χ0n) is 10.0. The molecule has 0 saturated heterocycles. The lowest BCUT2D eigenvalue weighted by molar-refractivity contribution is 0.100. The van der Waals surface area contributed by atoms with E-state index < -0.39 is 5.91 Å². The molecule has 1 amide bonds. The molecule has 4 heteroatoms. The third-order valence-electron chi connectivity index (χ3n) is 2.21. The highest BCUT2D eigenvalue weighted by Gasteiger charge is 2.00. The predicted octanol–water partition coefficient (Wildman–Crippen LogP) is 1.33. The van der Waals surface area contributed by atoms with Crippen molar-refractivity contribution in [3.05, 3.63) is 42.0 Å². The topological polar surface area (TPSA) is 64.3 Å². The van der Waals surface area contributed by atoms with Crippen molar-refractivity contribution in [1.29, 1.82) is 0 Å². The Morgan fingerprint density at radius 3 is 2.59 bits per heavy atom. The number of carbonyl (C=O) groups excluding carboxylic acids is 1. The van der Waals surface area contributed by atoms with Gasteiger partial charge in [-0.3, -0.25) is 4.79 Å². The van der Waals surface area contributed by atoms with Gasteiger partial charge in [-0.25, -0.2) is 0 Å². The van der Waals surface area contributed by atoms with Crippen LogP contribution in [0, 0.1) is 0 Å². The Morgan fingerprint density at radius 1 is 1.41 bits per heavy atom. The van der Waals surface area contributed by atoms with Gasteiger partial charge in [-0.15, -0.1) is 0 Å². The van der Waals surface area contributed by atoms with Crippen molar-refractivity contribution in [2.45, 2.75) is 6.92 Å². The van der Waals surface area contributed by atoms with Gasteiger partial charge >= 0.3 is 0 Å². The number of carbonyl (C=O) groups is 1. The summed E-state index contributed by atoms with van der Waals surface area (Å²) >= 11 is 0. The number of nitrogens with two attached hydrogens (primary N) is 1. The fraction of sp³-hybridized carbons (Fsp3) is 0.308. The van der Waals surface area contributed by atoms with Crippen LogP contribution in [0.2, 0.25) is 0 Å². The number of ether oxygens (including phenoxy) is 1. The molecule has 92 valence electrons. The van der Waals surface area contributed by atoms with E-state index in [9.17, 15) is 4.79 Å². The van der Waals surface area contributed by atoms with Gasteiger partial charge in [-0.1, -0.05) is 13.5 Å². The molecule has 0 atom stereocenters. The Morgan fingerprint density at radius 2 is 2.06 bits per heavy atom. The van der Waals surface area contributed by atoms with Crippen LogP contribution in [0.3, 0.4) is 0 Å². The van der Waals surface area contributed by atoms with Gasteiger partial charge in [0.2, 0.25) is 5.91 Å². The van der Waals surface area contributed by atoms with E-state index in [4.69, 9.17) is 10.5 Å². The molecule has 0 heterocycles. The molecular formula is C13H18N2O2. The number of hydrogen-bond donors (Lipinski definition) is 2. The molecule has 0 fully saturated rings. The van der Waals surface area contributed by atoms with Crippen LogP contribution in [0.4, 0.5) is 0 Å². The number of amides is 1. The fourth-order valence-electron chi connectivity index (χ4n) is 1.25. The molecule has 17 heavy (non-hydrogen) atoms. The summed E-state index contributed by atoms with van der Waals surface area (Å²) in [7, 11) is 0. The maximum Gasteiger partial charge on any atom is 0.248 e. The van der Waals surface area contributed by atoms with Crippen LogP contribution in [0.25, 0.3) is 0 Å². The highest BCUT2D eigenvalue weighted by Crippen LogP contribution is 2.12. The Kier molecular flexibility index (Phi) is 5.23. The standard InChI is InChI=1S/C13H18N2O2/c1-3-15-8-10(2)9-17-12-6-4-11(5-7-12)13(14)16/h4-7,15H,2-3,8-9H2,1H3,(H2,14,16). The monoisotopic (exact) mass is 234 g/mol. The second kappa shape index (κ2) is 6.70. The second-order valence-electron chi connectivity index (χ2n) is 3.71. The Balaban J connectivity index is 2.42. The lowest BCUT2D eigenvalue weighted by Gasteiger charge is -2.09. The van der Waals surface area contributed by atoms with Crippen LogP contribution in [-0.4, -0.2) is 25.6 Å². The van der Waals surface area contributed by atoms with Gasteiger partial charge in [0.25, 0.3) is 0 Å². The molecule has 0 radical (unpaired) electrons. The molecule has 1 aromatic carbocycles. The maximum atomic E-state index is 10.9. The Labute approximate surface area is 101 Å². The van der Waals surface area contributed by atoms with E-state index in [1.807, 2.05) is 6.92 Å². The molecule has 0 aliphatic heterocycles. The summed E-state index contributed by atoms with van der Waals surface area (Å²) in [6.07, 6.45) is 0. The van der Waals surface area contributed by atoms with Gasteiger partial charge in [0.05, 0.1) is 0 Å². The van der Waals surface area contributed by atoms with E-state index in [0.29, 0.717) is 17.9 Å². The third kappa shape index (κ3) is 4.70. The first-order valence-corrected chi connectivity index (χ1v) is 5.53. The van der Waals surface area contributed by atoms with Crippen molar-refractivity contribution in [3.63, 3.8) is 0 Å². The van der Waals surface area contributed by atoms with Crippen molar-refractivity contribution in [2.75, 3.05) is 19.7 Å². The van der Waals surface area contributed by atoms with Crippen molar-refractivity contribution >= 4 is 5.91 Å². The number of nitrogens with one attached hydrogen (secondary N) is 1. The lowest BCUT2D eigenvalue weighted by Crippen LogP contribution is -2.18. The highest BCUT2D eigenvalue weighted by molar-refractivity contribution is 5.92. The van der Waals surface area contributed by atoms with Gasteiger partial charge in [0.15, 0.2) is 0 Å². The SMILES string of the molecule is C=C(CNCC)COc1ccc(C(N)=O)cc1. The molecule has 4 nitrogen and oxygen atoms in total. The van der Waals surface area contributed by atoms with Crippen molar-refractivity contribution in [1.82, 2.24) is 5.32 Å². The van der Waals surface area contributed by atoms with Gasteiger partial charge in [0.1, 0.15) is 12.4 Å². The molecular weight excluding hydrogens is 216 g/mol. The van der Waals surface area contributed by atoms with Gasteiger partial charge < -0.3 is 15.8 Å². The minimum absolute atomic E-state index is 0.437. The first kappa shape index (κ1) is 13.3. The van der Waals surface area contributed by atoms with Gasteiger partial charge in [-0.2, -0.15) is 0 Å². The smallest absolute Gasteiger partial charge is 0.248 e. The molecule has 1 rings (SSSR count). The van der Waals surface area contributed by atoms with Crippen LogP contribution >= 0.6 is 0 Å². The van der Waals surface area contributed by atoms with Crippen LogP contribution in [0.15, 0.2) is 36.4 Å². The van der Waals surface area contributed by atoms with Gasteiger partial charge in [0, 0.05) is 12.1 Å². The summed E-state index contributed by atoms with van der Waals surface area (Å²) in [4.78, 5) is 10.9. The predicted molar refractivity (Wildman–Crippen MR) is 68.1 cm³/mol. The fourth-order valence-corrected chi connectivity index (χ4v) is 1.25. The maximum absolute atomic E-state index is 10.9. The summed E-state index contributed by atoms with van der Waals surface area (Å²) in [6, 6.07) is 6.73. The molecule has 0 aliphatic rings. The largest absolute Gasteiger partial charge is 0.489 e. The van der Waals surface area contributed by atoms with E-state index >= 15 is 0 Å². The third-order valence-corrected chi connectivity index (χ3v) is 2.21. The Hall–Kier alpha value is -1.81. The molecule has 0 bridgehead atoms. The average molecular weight is 234 g/mol. The molecule has 0 unspecified atom stereocenters. The second-order valence-corrected chi connectivity index (χ2v) is 3.71. The van der Waals surface area contributed by atoms with E-state index in [1.54, 1.807) is 24.3 Å². The summed E-state index contributed by atoms with van der Waals surface area (Å²) in [5, 5.41) is 3.17. The summed E-state index contributed by atoms with van der Waals surface area (Å²) in [5.74, 6) is 0.265. The Bertz CT molecular complexity index is 385. The first-order chi connectivity index (χ1) is 8.13. The molecule has 0 aromatic heterocycles. The summed E-state index contributed by atoms with van der Waals surface area (Å²) in [6.45, 7) is 8.05. The van der Waals surface area contributed by atoms with E-state index in [2.05, 4.69) is 11.9 Å². The number of likely N-dealkylation sites (N-methyl/N-ethyl adjacent to an activating group) is 1. The minimum Gasteiger partial charge on any atom is -0.489 e. The molecule has 0 aliphatic carbocycles. The molecule has 0 saturated carbocycles. The van der Waals surface area contributed by atoms with Crippen LogP contribution in [0.1, 0.15) is 17.3 Å². The average Bonchev–Trinajstić information content (AvgIpc) is 2.34. The van der Waals surface area contributed by atoms with E-state index in [0.717, 1.165) is 18.7 Å². The van der Waals surface area contributed by atoms with Crippen molar-refractivity contribution in [3.8, 4) is 5.75 Å². The highest BCUT2D eigenvalue weighted by atomic mass is 16.5. The van der Waals surface area contributed by atoms with Crippen molar-refractivity contribution < 1.29 is 9.53 Å². The lowest BCUT2D eigenvalue weighted by atomic mass is 10.2. The van der Waals surface area contributed by atoms with E-state index in [1.165, 1.54) is 0 Å². The summed E-state index contributed by atoms with van der Waals surface area (Å²) in [5.41, 5.74) is 6.59. The molecule has 3 N–H and O–H groups in total. The van der Waals surface area contributed by atoms with Crippen molar-refractivity contribution in [2.24, 2.45) is 5.73 Å². The van der Waals surface area contributed by atoms with Crippen LogP contribution < -0.4 is 15.8 Å². The number of benzene rings is 1. The van der Waals surface area contributed by atoms with Gasteiger partial charge in [-0.05, 0) is 36.4 Å². The van der Waals surface area contributed by atoms with E-state index in [-0.39, 0.29) is 0 Å². The summed E-state index contributed by atoms with van der Waals surface area (Å²) < 4.78 is 5.51. The normalized spacial score (nSPS) is 9.94.